The molecule has 0 unspecified atom stereocenters. The van der Waals surface area contributed by atoms with Crippen LogP contribution in [0.5, 0.6) is 0 Å². The molecule has 0 N–H and O–H groups in total. The third kappa shape index (κ3) is 2.63. The molecule has 0 spiro atoms. The molecule has 3 aromatic heterocycles. The van der Waals surface area contributed by atoms with Crippen molar-refractivity contribution < 1.29 is 4.79 Å². The predicted octanol–water partition coefficient (Wildman–Crippen LogP) is 2.52. The van der Waals surface area contributed by atoms with E-state index < -0.39 is 0 Å². The van der Waals surface area contributed by atoms with Gasteiger partial charge in [-0.2, -0.15) is 15.5 Å². The Bertz CT molecular complexity index is 1160. The van der Waals surface area contributed by atoms with Crippen LogP contribution in [0.1, 0.15) is 27.3 Å². The number of nitriles is 1. The van der Waals surface area contributed by atoms with E-state index >= 15 is 0 Å². The first kappa shape index (κ1) is 15.7. The summed E-state index contributed by atoms with van der Waals surface area (Å²) in [7, 11) is 0. The molecule has 4 rings (SSSR count). The summed E-state index contributed by atoms with van der Waals surface area (Å²) in [6.45, 7) is 1.86. The van der Waals surface area contributed by atoms with Crippen LogP contribution in [0.4, 0.5) is 0 Å². The van der Waals surface area contributed by atoms with Gasteiger partial charge in [-0.05, 0) is 31.2 Å². The maximum absolute atomic E-state index is 12.8. The number of rotatable bonds is 4. The van der Waals surface area contributed by atoms with Crippen molar-refractivity contribution in [1.82, 2.24) is 24.4 Å². The van der Waals surface area contributed by atoms with Crippen molar-refractivity contribution in [2.24, 2.45) is 0 Å². The SMILES string of the molecule is Cc1cc(CC(=O)c2cnn3cccnc23)n(-c2ccccc2C#N)n1. The molecule has 0 fully saturated rings. The Morgan fingerprint density at radius 1 is 1.27 bits per heavy atom. The topological polar surface area (TPSA) is 88.9 Å². The summed E-state index contributed by atoms with van der Waals surface area (Å²) in [5.74, 6) is -0.103. The number of Topliss-reactive ketones (excluding diaryl/α,β-unsaturated/α-hetero) is 1. The summed E-state index contributed by atoms with van der Waals surface area (Å²) in [6, 6.07) is 13.0. The minimum absolute atomic E-state index is 0.103. The second kappa shape index (κ2) is 6.26. The summed E-state index contributed by atoms with van der Waals surface area (Å²) in [5.41, 5.74) is 3.64. The van der Waals surface area contributed by atoms with E-state index in [0.29, 0.717) is 28.2 Å². The van der Waals surface area contributed by atoms with Crippen LogP contribution in [0.25, 0.3) is 11.3 Å². The van der Waals surface area contributed by atoms with Crippen molar-refractivity contribution in [3.8, 4) is 11.8 Å². The van der Waals surface area contributed by atoms with Crippen LogP contribution in [0.3, 0.4) is 0 Å². The van der Waals surface area contributed by atoms with Crippen LogP contribution in [-0.2, 0) is 6.42 Å². The molecule has 0 amide bonds. The quantitative estimate of drug-likeness (QED) is 0.532. The van der Waals surface area contributed by atoms with Crippen LogP contribution in [0, 0.1) is 18.3 Å². The van der Waals surface area contributed by atoms with Crippen molar-refractivity contribution in [3.63, 3.8) is 0 Å². The van der Waals surface area contributed by atoms with E-state index in [0.717, 1.165) is 5.69 Å². The van der Waals surface area contributed by atoms with Crippen LogP contribution < -0.4 is 0 Å². The second-order valence-electron chi connectivity index (χ2n) is 5.86. The highest BCUT2D eigenvalue weighted by atomic mass is 16.1. The fourth-order valence-corrected chi connectivity index (χ4v) is 2.92. The number of ketones is 1. The summed E-state index contributed by atoms with van der Waals surface area (Å²) in [5, 5.41) is 18.0. The smallest absolute Gasteiger partial charge is 0.174 e. The molecule has 0 aliphatic carbocycles. The number of hydrogen-bond acceptors (Lipinski definition) is 5. The Labute approximate surface area is 149 Å². The Hall–Kier alpha value is -3.79. The molecule has 0 radical (unpaired) electrons. The average molecular weight is 342 g/mol. The van der Waals surface area contributed by atoms with Gasteiger partial charge in [0.15, 0.2) is 11.4 Å². The minimum atomic E-state index is -0.103. The van der Waals surface area contributed by atoms with E-state index in [-0.39, 0.29) is 12.2 Å². The lowest BCUT2D eigenvalue weighted by atomic mass is 10.1. The average Bonchev–Trinajstić information content (AvgIpc) is 3.25. The molecular formula is C19H14N6O. The lowest BCUT2D eigenvalue weighted by Crippen LogP contribution is -2.10. The summed E-state index contributed by atoms with van der Waals surface area (Å²) in [4.78, 5) is 17.1. The molecule has 3 heterocycles. The molecule has 7 nitrogen and oxygen atoms in total. The highest BCUT2D eigenvalue weighted by molar-refractivity contribution is 6.02. The molecule has 26 heavy (non-hydrogen) atoms. The number of fused-ring (bicyclic) bond motifs is 1. The van der Waals surface area contributed by atoms with Crippen molar-refractivity contribution in [2.75, 3.05) is 0 Å². The van der Waals surface area contributed by atoms with Crippen LogP contribution >= 0.6 is 0 Å². The van der Waals surface area contributed by atoms with E-state index in [1.54, 1.807) is 39.8 Å². The molecule has 0 saturated heterocycles. The molecule has 1 aromatic carbocycles. The zero-order valence-corrected chi connectivity index (χ0v) is 14.0. The first-order chi connectivity index (χ1) is 12.7. The maximum atomic E-state index is 12.8. The number of nitrogens with zero attached hydrogens (tertiary/aromatic N) is 6. The fraction of sp³-hybridized carbons (Fsp3) is 0.105. The van der Waals surface area contributed by atoms with Crippen molar-refractivity contribution in [2.45, 2.75) is 13.3 Å². The summed E-state index contributed by atoms with van der Waals surface area (Å²) >= 11 is 0. The predicted molar refractivity (Wildman–Crippen MR) is 94.0 cm³/mol. The van der Waals surface area contributed by atoms with Gasteiger partial charge in [0, 0.05) is 12.4 Å². The fourth-order valence-electron chi connectivity index (χ4n) is 2.92. The van der Waals surface area contributed by atoms with Crippen LogP contribution in [0.2, 0.25) is 0 Å². The minimum Gasteiger partial charge on any atom is -0.294 e. The number of hydrogen-bond donors (Lipinski definition) is 0. The van der Waals surface area contributed by atoms with Gasteiger partial charge in [-0.15, -0.1) is 0 Å². The summed E-state index contributed by atoms with van der Waals surface area (Å²) < 4.78 is 3.23. The number of benzene rings is 1. The van der Waals surface area contributed by atoms with E-state index in [4.69, 9.17) is 0 Å². The summed E-state index contributed by atoms with van der Waals surface area (Å²) in [6.07, 6.45) is 5.04. The molecule has 0 aliphatic rings. The van der Waals surface area contributed by atoms with E-state index in [1.807, 2.05) is 25.1 Å². The van der Waals surface area contributed by atoms with Crippen molar-refractivity contribution in [1.29, 1.82) is 5.26 Å². The first-order valence-electron chi connectivity index (χ1n) is 8.04. The molecule has 0 saturated carbocycles. The van der Waals surface area contributed by atoms with E-state index in [9.17, 15) is 10.1 Å². The number of carbonyl (C=O) groups excluding carboxylic acids is 1. The number of aryl methyl sites for hydroxylation is 1. The largest absolute Gasteiger partial charge is 0.294 e. The Morgan fingerprint density at radius 2 is 2.12 bits per heavy atom. The Morgan fingerprint density at radius 3 is 2.96 bits per heavy atom. The molecule has 0 atom stereocenters. The number of aromatic nitrogens is 5. The molecule has 126 valence electrons. The van der Waals surface area contributed by atoms with Crippen LogP contribution in [-0.4, -0.2) is 30.2 Å². The van der Waals surface area contributed by atoms with Crippen molar-refractivity contribution >= 4 is 11.4 Å². The number of carbonyl (C=O) groups is 1. The highest BCUT2D eigenvalue weighted by Crippen LogP contribution is 2.19. The monoisotopic (exact) mass is 342 g/mol. The lowest BCUT2D eigenvalue weighted by molar-refractivity contribution is 0.0992. The molecule has 0 bridgehead atoms. The van der Waals surface area contributed by atoms with Gasteiger partial charge in [-0.1, -0.05) is 12.1 Å². The lowest BCUT2D eigenvalue weighted by Gasteiger charge is -2.08. The van der Waals surface area contributed by atoms with Gasteiger partial charge in [-0.3, -0.25) is 4.79 Å². The third-order valence-corrected chi connectivity index (χ3v) is 4.08. The Kier molecular flexibility index (Phi) is 3.78. The zero-order chi connectivity index (χ0) is 18.1. The van der Waals surface area contributed by atoms with Gasteiger partial charge in [0.05, 0.1) is 40.8 Å². The van der Waals surface area contributed by atoms with Crippen molar-refractivity contribution in [3.05, 3.63) is 77.5 Å². The standard InChI is InChI=1S/C19H14N6O/c1-13-9-15(25(23-13)17-6-3-2-5-14(17)11-20)10-18(26)16-12-22-24-8-4-7-21-19(16)24/h2-9,12H,10H2,1H3. The van der Waals surface area contributed by atoms with E-state index in [2.05, 4.69) is 21.3 Å². The Balaban J connectivity index is 1.74. The van der Waals surface area contributed by atoms with Gasteiger partial charge < -0.3 is 0 Å². The van der Waals surface area contributed by atoms with Gasteiger partial charge in [0.1, 0.15) is 6.07 Å². The number of para-hydroxylation sites is 1. The molecule has 4 aromatic rings. The van der Waals surface area contributed by atoms with Crippen LogP contribution in [0.15, 0.2) is 55.0 Å². The first-order valence-corrected chi connectivity index (χ1v) is 8.04. The van der Waals surface area contributed by atoms with Gasteiger partial charge in [-0.25, -0.2) is 14.2 Å². The van der Waals surface area contributed by atoms with Gasteiger partial charge in [0.2, 0.25) is 0 Å². The second-order valence-corrected chi connectivity index (χ2v) is 5.86. The van der Waals surface area contributed by atoms with E-state index in [1.165, 1.54) is 6.20 Å². The molecule has 7 heteroatoms. The van der Waals surface area contributed by atoms with Gasteiger partial charge >= 0.3 is 0 Å². The highest BCUT2D eigenvalue weighted by Gasteiger charge is 2.18. The maximum Gasteiger partial charge on any atom is 0.174 e. The molecular weight excluding hydrogens is 328 g/mol. The normalized spacial score (nSPS) is 10.8. The van der Waals surface area contributed by atoms with Gasteiger partial charge in [0.25, 0.3) is 0 Å². The third-order valence-electron chi connectivity index (χ3n) is 4.08. The molecule has 0 aliphatic heterocycles. The zero-order valence-electron chi connectivity index (χ0n) is 14.0.